The van der Waals surface area contributed by atoms with E-state index in [0.29, 0.717) is 18.8 Å². The Morgan fingerprint density at radius 1 is 1.22 bits per heavy atom. The van der Waals surface area contributed by atoms with Crippen molar-refractivity contribution in [3.63, 3.8) is 0 Å². The normalized spacial score (nSPS) is 26.9. The van der Waals surface area contributed by atoms with Crippen LogP contribution >= 0.6 is 0 Å². The van der Waals surface area contributed by atoms with Gasteiger partial charge in [-0.15, -0.1) is 0 Å². The number of nitrogens with zero attached hydrogens (tertiary/aromatic N) is 1. The van der Waals surface area contributed by atoms with E-state index in [0.717, 1.165) is 25.7 Å². The Bertz CT molecular complexity index is 464. The number of carboxylic acids is 1. The number of rotatable bonds is 6. The summed E-state index contributed by atoms with van der Waals surface area (Å²) in [4.78, 5) is 37.3. The molecule has 2 rings (SSSR count). The van der Waals surface area contributed by atoms with Crippen LogP contribution in [-0.4, -0.2) is 46.4 Å². The first-order chi connectivity index (χ1) is 10.9. The minimum atomic E-state index is -0.906. The molecule has 2 aliphatic rings. The summed E-state index contributed by atoms with van der Waals surface area (Å²) in [5.74, 6) is -0.499. The van der Waals surface area contributed by atoms with Crippen LogP contribution in [0.15, 0.2) is 0 Å². The zero-order valence-corrected chi connectivity index (χ0v) is 14.1. The van der Waals surface area contributed by atoms with E-state index in [1.807, 2.05) is 13.8 Å². The first-order valence-corrected chi connectivity index (χ1v) is 8.70. The molecule has 1 heterocycles. The van der Waals surface area contributed by atoms with Crippen molar-refractivity contribution in [3.05, 3.63) is 0 Å². The molecule has 0 aromatic heterocycles. The summed E-state index contributed by atoms with van der Waals surface area (Å²) in [6.45, 7) is 4.22. The maximum Gasteiger partial charge on any atom is 0.326 e. The Labute approximate surface area is 137 Å². The second-order valence-corrected chi connectivity index (χ2v) is 7.20. The van der Waals surface area contributed by atoms with Gasteiger partial charge in [-0.25, -0.2) is 4.79 Å². The van der Waals surface area contributed by atoms with Gasteiger partial charge >= 0.3 is 5.97 Å². The van der Waals surface area contributed by atoms with Crippen molar-refractivity contribution >= 4 is 17.8 Å². The second-order valence-electron chi connectivity index (χ2n) is 7.20. The van der Waals surface area contributed by atoms with E-state index in [9.17, 15) is 19.5 Å². The van der Waals surface area contributed by atoms with Gasteiger partial charge < -0.3 is 15.3 Å². The number of carbonyl (C=O) groups is 3. The molecule has 1 aliphatic heterocycles. The van der Waals surface area contributed by atoms with E-state index in [2.05, 4.69) is 5.32 Å². The van der Waals surface area contributed by atoms with Gasteiger partial charge in [0.05, 0.1) is 0 Å². The molecule has 23 heavy (non-hydrogen) atoms. The lowest BCUT2D eigenvalue weighted by atomic mass is 9.84. The predicted molar refractivity (Wildman–Crippen MR) is 85.7 cm³/mol. The van der Waals surface area contributed by atoms with Gasteiger partial charge in [0, 0.05) is 25.4 Å². The highest BCUT2D eigenvalue weighted by atomic mass is 16.4. The highest BCUT2D eigenvalue weighted by molar-refractivity contribution is 5.85. The van der Waals surface area contributed by atoms with Crippen molar-refractivity contribution in [1.29, 1.82) is 0 Å². The van der Waals surface area contributed by atoms with Crippen LogP contribution in [0.3, 0.4) is 0 Å². The molecule has 3 atom stereocenters. The molecule has 2 N–H and O–H groups in total. The third kappa shape index (κ3) is 4.45. The lowest BCUT2D eigenvalue weighted by Gasteiger charge is -2.33. The number of amides is 2. The lowest BCUT2D eigenvalue weighted by molar-refractivity contribution is -0.149. The average molecular weight is 324 g/mol. The number of likely N-dealkylation sites (tertiary alicyclic amines) is 1. The summed E-state index contributed by atoms with van der Waals surface area (Å²) in [6.07, 6.45) is 5.30. The van der Waals surface area contributed by atoms with Crippen LogP contribution in [0.5, 0.6) is 0 Å². The highest BCUT2D eigenvalue weighted by Gasteiger charge is 2.47. The molecule has 2 fully saturated rings. The number of hydrogen-bond donors (Lipinski definition) is 2. The number of nitrogens with one attached hydrogen (secondary N) is 1. The van der Waals surface area contributed by atoms with Crippen LogP contribution < -0.4 is 5.32 Å². The summed E-state index contributed by atoms with van der Waals surface area (Å²) in [7, 11) is 0. The predicted octanol–water partition coefficient (Wildman–Crippen LogP) is 1.78. The average Bonchev–Trinajstić information content (AvgIpc) is 2.86. The summed E-state index contributed by atoms with van der Waals surface area (Å²) in [5, 5.41) is 12.2. The number of fused-ring (bicyclic) bond motifs is 1. The third-order valence-corrected chi connectivity index (χ3v) is 4.92. The fourth-order valence-corrected chi connectivity index (χ4v) is 3.92. The lowest BCUT2D eigenvalue weighted by Crippen LogP contribution is -2.47. The molecule has 0 radical (unpaired) electrons. The highest BCUT2D eigenvalue weighted by Crippen LogP contribution is 2.40. The van der Waals surface area contributed by atoms with Crippen molar-refractivity contribution in [2.45, 2.75) is 70.9 Å². The molecular weight excluding hydrogens is 296 g/mol. The molecule has 0 aromatic carbocycles. The van der Waals surface area contributed by atoms with E-state index in [-0.39, 0.29) is 36.7 Å². The Hall–Kier alpha value is -1.59. The zero-order chi connectivity index (χ0) is 17.0. The number of hydrogen-bond acceptors (Lipinski definition) is 3. The molecular formula is C17H28N2O4. The van der Waals surface area contributed by atoms with Gasteiger partial charge in [-0.3, -0.25) is 9.59 Å². The molecule has 1 aliphatic carbocycles. The van der Waals surface area contributed by atoms with Crippen LogP contribution in [-0.2, 0) is 14.4 Å². The summed E-state index contributed by atoms with van der Waals surface area (Å²) in [5.41, 5.74) is 0. The van der Waals surface area contributed by atoms with Crippen LogP contribution in [0.2, 0.25) is 0 Å². The van der Waals surface area contributed by atoms with Gasteiger partial charge in [0.25, 0.3) is 0 Å². The molecule has 1 saturated carbocycles. The standard InChI is InChI=1S/C17H28N2O4/c1-11(2)9-15(20)18-8-7-16(21)19-13-6-4-3-5-12(13)10-14(19)17(22)23/h11-14H,3-10H2,1-2H3,(H,18,20)(H,22,23). The van der Waals surface area contributed by atoms with E-state index < -0.39 is 12.0 Å². The fraction of sp³-hybridized carbons (Fsp3) is 0.824. The summed E-state index contributed by atoms with van der Waals surface area (Å²) in [6, 6.07) is -0.620. The Morgan fingerprint density at radius 3 is 2.57 bits per heavy atom. The van der Waals surface area contributed by atoms with Crippen molar-refractivity contribution in [2.24, 2.45) is 11.8 Å². The van der Waals surface area contributed by atoms with Gasteiger partial charge in [0.15, 0.2) is 0 Å². The maximum atomic E-state index is 12.5. The zero-order valence-electron chi connectivity index (χ0n) is 14.1. The molecule has 2 amide bonds. The van der Waals surface area contributed by atoms with Crippen LogP contribution in [0, 0.1) is 11.8 Å². The topological polar surface area (TPSA) is 86.7 Å². The Morgan fingerprint density at radius 2 is 1.91 bits per heavy atom. The van der Waals surface area contributed by atoms with Gasteiger partial charge in [-0.05, 0) is 31.1 Å². The van der Waals surface area contributed by atoms with Gasteiger partial charge in [0.1, 0.15) is 6.04 Å². The van der Waals surface area contributed by atoms with Crippen molar-refractivity contribution < 1.29 is 19.5 Å². The van der Waals surface area contributed by atoms with E-state index in [4.69, 9.17) is 0 Å². The molecule has 0 spiro atoms. The molecule has 6 heteroatoms. The largest absolute Gasteiger partial charge is 0.480 e. The smallest absolute Gasteiger partial charge is 0.326 e. The monoisotopic (exact) mass is 324 g/mol. The van der Waals surface area contributed by atoms with E-state index in [1.54, 1.807) is 4.90 Å². The number of aliphatic carboxylic acids is 1. The fourth-order valence-electron chi connectivity index (χ4n) is 3.92. The second kappa shape index (κ2) is 7.79. The Kier molecular flexibility index (Phi) is 6.02. The molecule has 0 aromatic rings. The third-order valence-electron chi connectivity index (χ3n) is 4.92. The summed E-state index contributed by atoms with van der Waals surface area (Å²) >= 11 is 0. The van der Waals surface area contributed by atoms with Crippen LogP contribution in [0.4, 0.5) is 0 Å². The van der Waals surface area contributed by atoms with Gasteiger partial charge in [-0.1, -0.05) is 26.7 Å². The first-order valence-electron chi connectivity index (χ1n) is 8.70. The van der Waals surface area contributed by atoms with Crippen LogP contribution in [0.1, 0.15) is 58.8 Å². The minimum absolute atomic E-state index is 0.0560. The quantitative estimate of drug-likeness (QED) is 0.780. The van der Waals surface area contributed by atoms with Crippen molar-refractivity contribution in [2.75, 3.05) is 6.54 Å². The van der Waals surface area contributed by atoms with Gasteiger partial charge in [-0.2, -0.15) is 0 Å². The maximum absolute atomic E-state index is 12.5. The minimum Gasteiger partial charge on any atom is -0.480 e. The number of carboxylic acid groups (broad SMARTS) is 1. The van der Waals surface area contributed by atoms with Crippen LogP contribution in [0.25, 0.3) is 0 Å². The first kappa shape index (κ1) is 17.8. The molecule has 6 nitrogen and oxygen atoms in total. The van der Waals surface area contributed by atoms with E-state index in [1.165, 1.54) is 0 Å². The molecule has 0 bridgehead atoms. The van der Waals surface area contributed by atoms with Crippen molar-refractivity contribution in [3.8, 4) is 0 Å². The Balaban J connectivity index is 1.90. The SMILES string of the molecule is CC(C)CC(=O)NCCC(=O)N1C(C(=O)O)CC2CCCCC21. The number of carbonyl (C=O) groups excluding carboxylic acids is 2. The molecule has 130 valence electrons. The molecule has 3 unspecified atom stereocenters. The van der Waals surface area contributed by atoms with Gasteiger partial charge in [0.2, 0.25) is 11.8 Å². The van der Waals surface area contributed by atoms with E-state index >= 15 is 0 Å². The van der Waals surface area contributed by atoms with Crippen molar-refractivity contribution in [1.82, 2.24) is 10.2 Å². The summed E-state index contributed by atoms with van der Waals surface area (Å²) < 4.78 is 0. The molecule has 1 saturated heterocycles.